The lowest BCUT2D eigenvalue weighted by atomic mass is 10.0. The largest absolute Gasteiger partial charge is 0.326 e. The number of ketones is 1. The van der Waals surface area contributed by atoms with E-state index in [1.807, 2.05) is 36.4 Å². The van der Waals surface area contributed by atoms with Gasteiger partial charge < -0.3 is 10.2 Å². The number of anilines is 2. The minimum Gasteiger partial charge on any atom is -0.326 e. The van der Waals surface area contributed by atoms with Gasteiger partial charge in [0.05, 0.1) is 22.9 Å². The van der Waals surface area contributed by atoms with Gasteiger partial charge in [0, 0.05) is 23.7 Å². The molecule has 0 saturated carbocycles. The fourth-order valence-electron chi connectivity index (χ4n) is 5.17. The normalized spacial score (nSPS) is 17.4. The number of rotatable bonds is 6. The number of nitrogens with one attached hydrogen (secondary N) is 1. The van der Waals surface area contributed by atoms with Gasteiger partial charge in [0.15, 0.2) is 5.78 Å². The summed E-state index contributed by atoms with van der Waals surface area (Å²) in [6.45, 7) is 1.39. The number of carbonyl (C=O) groups is 5. The molecular formula is C32H23N3O5. The molecule has 1 saturated heterocycles. The molecule has 196 valence electrons. The summed E-state index contributed by atoms with van der Waals surface area (Å²) in [7, 11) is 0. The first kappa shape index (κ1) is 24.9. The van der Waals surface area contributed by atoms with Crippen LogP contribution in [-0.2, 0) is 4.79 Å². The van der Waals surface area contributed by atoms with Crippen LogP contribution in [0.25, 0.3) is 0 Å². The van der Waals surface area contributed by atoms with Gasteiger partial charge in [-0.05, 0) is 48.0 Å². The van der Waals surface area contributed by atoms with E-state index in [9.17, 15) is 24.0 Å². The zero-order chi connectivity index (χ0) is 28.0. The molecule has 2 heterocycles. The van der Waals surface area contributed by atoms with Crippen LogP contribution < -0.4 is 10.2 Å². The summed E-state index contributed by atoms with van der Waals surface area (Å²) in [4.78, 5) is 67.4. The summed E-state index contributed by atoms with van der Waals surface area (Å²) >= 11 is 0. The summed E-state index contributed by atoms with van der Waals surface area (Å²) in [5.41, 5.74) is 2.75. The Hall–Kier alpha value is -5.37. The Labute approximate surface area is 229 Å². The summed E-state index contributed by atoms with van der Waals surface area (Å²) < 4.78 is 0. The molecule has 2 atom stereocenters. The number of benzene rings is 4. The highest BCUT2D eigenvalue weighted by Crippen LogP contribution is 2.46. The third-order valence-corrected chi connectivity index (χ3v) is 7.09. The van der Waals surface area contributed by atoms with Crippen molar-refractivity contribution in [3.63, 3.8) is 0 Å². The fourth-order valence-corrected chi connectivity index (χ4v) is 5.17. The molecule has 1 fully saturated rings. The molecule has 4 amide bonds. The van der Waals surface area contributed by atoms with Gasteiger partial charge in [-0.25, -0.2) is 4.90 Å². The van der Waals surface area contributed by atoms with Crippen molar-refractivity contribution in [1.82, 2.24) is 4.90 Å². The van der Waals surface area contributed by atoms with Crippen LogP contribution in [-0.4, -0.2) is 40.4 Å². The number of imide groups is 1. The van der Waals surface area contributed by atoms with E-state index in [1.165, 1.54) is 30.0 Å². The summed E-state index contributed by atoms with van der Waals surface area (Å²) in [6, 6.07) is 27.8. The lowest BCUT2D eigenvalue weighted by Crippen LogP contribution is -2.29. The molecule has 0 aliphatic carbocycles. The zero-order valence-corrected chi connectivity index (χ0v) is 21.4. The Morgan fingerprint density at radius 1 is 0.700 bits per heavy atom. The number of nitrogens with zero attached hydrogens (tertiary/aromatic N) is 2. The topological polar surface area (TPSA) is 104 Å². The number of Topliss-reactive ketones (excluding diaryl/α,β-unsaturated/α-hetero) is 1. The van der Waals surface area contributed by atoms with Crippen molar-refractivity contribution in [2.75, 3.05) is 10.2 Å². The fraction of sp³-hybridized carbons (Fsp3) is 0.0938. The van der Waals surface area contributed by atoms with Crippen LogP contribution in [0.15, 0.2) is 103 Å². The molecular weight excluding hydrogens is 506 g/mol. The highest BCUT2D eigenvalue weighted by Gasteiger charge is 2.56. The lowest BCUT2D eigenvalue weighted by Gasteiger charge is -2.14. The van der Waals surface area contributed by atoms with Crippen LogP contribution in [0.2, 0.25) is 0 Å². The maximum Gasteiger partial charge on any atom is 0.266 e. The first-order chi connectivity index (χ1) is 19.3. The van der Waals surface area contributed by atoms with Crippen LogP contribution in [0, 0.1) is 0 Å². The second kappa shape index (κ2) is 9.74. The molecule has 40 heavy (non-hydrogen) atoms. The molecule has 8 nitrogen and oxygen atoms in total. The number of carbonyl (C=O) groups excluding carboxylic acids is 5. The molecule has 4 aromatic rings. The third-order valence-electron chi connectivity index (χ3n) is 7.09. The molecule has 0 spiro atoms. The van der Waals surface area contributed by atoms with Gasteiger partial charge in [0.25, 0.3) is 17.7 Å². The zero-order valence-electron chi connectivity index (χ0n) is 21.4. The highest BCUT2D eigenvalue weighted by molar-refractivity contribution is 6.34. The van der Waals surface area contributed by atoms with Gasteiger partial charge in [0.1, 0.15) is 6.04 Å². The summed E-state index contributed by atoms with van der Waals surface area (Å²) in [6.07, 6.45) is 0. The van der Waals surface area contributed by atoms with E-state index in [2.05, 4.69) is 5.32 Å². The quantitative estimate of drug-likeness (QED) is 0.218. The van der Waals surface area contributed by atoms with E-state index in [0.717, 1.165) is 10.5 Å². The van der Waals surface area contributed by atoms with Crippen molar-refractivity contribution < 1.29 is 24.0 Å². The van der Waals surface area contributed by atoms with Gasteiger partial charge in [0.2, 0.25) is 5.91 Å². The van der Waals surface area contributed by atoms with Gasteiger partial charge in [-0.3, -0.25) is 24.0 Å². The molecule has 0 aromatic heterocycles. The minimum atomic E-state index is -0.679. The summed E-state index contributed by atoms with van der Waals surface area (Å²) in [5.74, 6) is -1.85. The van der Waals surface area contributed by atoms with E-state index >= 15 is 0 Å². The number of hydrogen-bond acceptors (Lipinski definition) is 5. The molecule has 1 N–H and O–H groups in total. The van der Waals surface area contributed by atoms with E-state index in [-0.39, 0.29) is 28.4 Å². The number of fused-ring (bicyclic) bond motifs is 1. The molecule has 2 aliphatic heterocycles. The van der Waals surface area contributed by atoms with Crippen molar-refractivity contribution in [1.29, 1.82) is 0 Å². The van der Waals surface area contributed by atoms with Crippen molar-refractivity contribution in [3.8, 4) is 0 Å². The number of amides is 4. The van der Waals surface area contributed by atoms with Crippen molar-refractivity contribution >= 4 is 40.8 Å². The van der Waals surface area contributed by atoms with Crippen LogP contribution in [0.3, 0.4) is 0 Å². The second-order valence-corrected chi connectivity index (χ2v) is 9.68. The summed E-state index contributed by atoms with van der Waals surface area (Å²) in [5, 5.41) is 2.64. The Bertz CT molecular complexity index is 1680. The monoisotopic (exact) mass is 529 g/mol. The molecule has 0 unspecified atom stereocenters. The Balaban J connectivity index is 1.29. The van der Waals surface area contributed by atoms with Crippen molar-refractivity contribution in [2.24, 2.45) is 0 Å². The van der Waals surface area contributed by atoms with Crippen LogP contribution in [0.4, 0.5) is 11.4 Å². The minimum absolute atomic E-state index is 0.117. The SMILES string of the molecule is CC(=O)Nc1ccc(N2C(=O)c3ccc(C(=O)N4[C@H](C(=O)c5ccccc5)[C@H]4c4ccccc4)cc3C2=O)cc1. The maximum absolute atomic E-state index is 13.7. The predicted molar refractivity (Wildman–Crippen MR) is 148 cm³/mol. The third kappa shape index (κ3) is 4.25. The highest BCUT2D eigenvalue weighted by atomic mass is 16.2. The molecule has 6 rings (SSSR count). The van der Waals surface area contributed by atoms with Crippen LogP contribution in [0.5, 0.6) is 0 Å². The Kier molecular flexibility index (Phi) is 6.07. The number of hydrogen-bond donors (Lipinski definition) is 1. The first-order valence-electron chi connectivity index (χ1n) is 12.7. The Morgan fingerprint density at radius 3 is 1.98 bits per heavy atom. The predicted octanol–water partition coefficient (Wildman–Crippen LogP) is 4.89. The van der Waals surface area contributed by atoms with Crippen molar-refractivity contribution in [3.05, 3.63) is 131 Å². The molecule has 4 aromatic carbocycles. The van der Waals surface area contributed by atoms with Gasteiger partial charge in [-0.1, -0.05) is 60.7 Å². The van der Waals surface area contributed by atoms with Gasteiger partial charge in [-0.15, -0.1) is 0 Å². The average molecular weight is 530 g/mol. The Morgan fingerprint density at radius 2 is 1.32 bits per heavy atom. The lowest BCUT2D eigenvalue weighted by molar-refractivity contribution is -0.114. The van der Waals surface area contributed by atoms with Gasteiger partial charge in [-0.2, -0.15) is 0 Å². The van der Waals surface area contributed by atoms with E-state index in [1.54, 1.807) is 48.5 Å². The van der Waals surface area contributed by atoms with Crippen LogP contribution >= 0.6 is 0 Å². The molecule has 8 heteroatoms. The van der Waals surface area contributed by atoms with Gasteiger partial charge >= 0.3 is 0 Å². The smallest absolute Gasteiger partial charge is 0.266 e. The second-order valence-electron chi connectivity index (χ2n) is 9.68. The first-order valence-corrected chi connectivity index (χ1v) is 12.7. The van der Waals surface area contributed by atoms with Crippen LogP contribution in [0.1, 0.15) is 60.0 Å². The maximum atomic E-state index is 13.7. The standard InChI is InChI=1S/C32H23N3O5/c1-19(36)33-23-13-15-24(16-14-23)34-31(39)25-17-12-22(18-26(25)32(34)40)30(38)35-27(20-8-4-2-5-9-20)28(35)29(37)21-10-6-3-7-11-21/h2-18,27-28H,1H3,(H,33,36)/t27-,28+,35?/m1/s1. The van der Waals surface area contributed by atoms with Crippen molar-refractivity contribution in [2.45, 2.75) is 19.0 Å². The van der Waals surface area contributed by atoms with E-state index < -0.39 is 29.8 Å². The van der Waals surface area contributed by atoms with E-state index in [4.69, 9.17) is 0 Å². The molecule has 2 aliphatic rings. The average Bonchev–Trinajstić information content (AvgIpc) is 3.67. The van der Waals surface area contributed by atoms with E-state index in [0.29, 0.717) is 16.9 Å². The molecule has 0 bridgehead atoms. The molecule has 0 radical (unpaired) electrons.